The molecule has 3 N–H and O–H groups in total. The van der Waals surface area contributed by atoms with Gasteiger partial charge in [0.25, 0.3) is 0 Å². The van der Waals surface area contributed by atoms with Crippen LogP contribution >= 0.6 is 0 Å². The molecule has 188 valence electrons. The van der Waals surface area contributed by atoms with E-state index in [4.69, 9.17) is 37.9 Å². The third-order valence-corrected chi connectivity index (χ3v) is 6.42. The zero-order chi connectivity index (χ0) is 23.9. The summed E-state index contributed by atoms with van der Waals surface area (Å²) >= 11 is 0. The van der Waals surface area contributed by atoms with Crippen molar-refractivity contribution in [3.63, 3.8) is 0 Å². The molecule has 11 nitrogen and oxygen atoms in total. The van der Waals surface area contributed by atoms with E-state index in [1.54, 1.807) is 21.0 Å². The van der Waals surface area contributed by atoms with Gasteiger partial charge in [0.05, 0.1) is 19.8 Å². The third-order valence-electron chi connectivity index (χ3n) is 6.42. The highest BCUT2D eigenvalue weighted by Crippen LogP contribution is 2.45. The van der Waals surface area contributed by atoms with Crippen molar-refractivity contribution < 1.29 is 53.2 Å². The van der Waals surface area contributed by atoms with E-state index in [-0.39, 0.29) is 32.0 Å². The molecule has 4 aliphatic heterocycles. The number of hydrogen-bond acceptors (Lipinski definition) is 11. The molecule has 4 rings (SSSR count). The van der Waals surface area contributed by atoms with Crippen LogP contribution in [0.1, 0.15) is 41.0 Å². The first kappa shape index (κ1) is 26.2. The van der Waals surface area contributed by atoms with Crippen molar-refractivity contribution >= 4 is 0 Å². The maximum atomic E-state index is 9.49. The molecule has 4 fully saturated rings. The summed E-state index contributed by atoms with van der Waals surface area (Å²) in [4.78, 5) is 0. The molecule has 4 heterocycles. The van der Waals surface area contributed by atoms with E-state index in [0.717, 1.165) is 0 Å². The second-order valence-corrected chi connectivity index (χ2v) is 9.44. The monoisotopic (exact) mass is 466 g/mol. The Morgan fingerprint density at radius 3 is 1.34 bits per heavy atom. The van der Waals surface area contributed by atoms with Crippen LogP contribution in [0.2, 0.25) is 0 Å². The van der Waals surface area contributed by atoms with Gasteiger partial charge in [-0.2, -0.15) is 0 Å². The Hall–Kier alpha value is -0.440. The molecule has 32 heavy (non-hydrogen) atoms. The molecule has 11 heteroatoms. The first-order valence-corrected chi connectivity index (χ1v) is 10.9. The van der Waals surface area contributed by atoms with Crippen molar-refractivity contribution in [1.29, 1.82) is 0 Å². The minimum atomic E-state index is -1.15. The van der Waals surface area contributed by atoms with Gasteiger partial charge < -0.3 is 53.2 Å². The fourth-order valence-electron chi connectivity index (χ4n) is 4.83. The van der Waals surface area contributed by atoms with Crippen LogP contribution in [0.25, 0.3) is 0 Å². The molecule has 0 spiro atoms. The minimum absolute atomic E-state index is 0.0951. The Balaban J connectivity index is 0.000000181. The normalized spacial score (nSPS) is 42.9. The Morgan fingerprint density at radius 1 is 0.625 bits per heavy atom. The van der Waals surface area contributed by atoms with E-state index in [1.165, 1.54) is 7.11 Å². The number of rotatable bonds is 6. The summed E-state index contributed by atoms with van der Waals surface area (Å²) < 4.78 is 44.6. The Bertz CT molecular complexity index is 577. The number of methoxy groups -OCH3 is 2. The summed E-state index contributed by atoms with van der Waals surface area (Å²) in [6.07, 6.45) is -1.96. The molecule has 0 bridgehead atoms. The number of ether oxygens (including phenoxy) is 8. The third kappa shape index (κ3) is 4.46. The summed E-state index contributed by atoms with van der Waals surface area (Å²) in [5.41, 5.74) is -1.86. The van der Waals surface area contributed by atoms with Crippen LogP contribution in [0.3, 0.4) is 0 Å². The molecule has 4 saturated heterocycles. The maximum absolute atomic E-state index is 9.49. The van der Waals surface area contributed by atoms with Gasteiger partial charge in [0.2, 0.25) is 0 Å². The lowest BCUT2D eigenvalue weighted by Crippen LogP contribution is -2.51. The van der Waals surface area contributed by atoms with E-state index in [9.17, 15) is 15.3 Å². The van der Waals surface area contributed by atoms with Crippen molar-refractivity contribution in [2.24, 2.45) is 0 Å². The highest BCUT2D eigenvalue weighted by atomic mass is 16.9. The number of aliphatic hydroxyl groups excluding tert-OH is 3. The van der Waals surface area contributed by atoms with Gasteiger partial charge in [0.1, 0.15) is 35.6 Å². The highest BCUT2D eigenvalue weighted by molar-refractivity contribution is 5.04. The SMILES string of the molecule is CC[C@]1(CO)O[C@@H]2OC(C)(C)O[C@@H]2[C@@H]1OC.CO[C@H]1[C@H]2OC(C)(C)O[C@H]2OC1(CO)CO. The van der Waals surface area contributed by atoms with E-state index in [0.29, 0.717) is 6.42 Å². The van der Waals surface area contributed by atoms with Crippen molar-refractivity contribution in [2.45, 2.75) is 101 Å². The molecule has 0 aromatic rings. The maximum Gasteiger partial charge on any atom is 0.190 e. The van der Waals surface area contributed by atoms with Crippen LogP contribution in [0.5, 0.6) is 0 Å². The largest absolute Gasteiger partial charge is 0.393 e. The van der Waals surface area contributed by atoms with Crippen LogP contribution in [0, 0.1) is 0 Å². The lowest BCUT2D eigenvalue weighted by Gasteiger charge is -2.33. The molecule has 4 aliphatic rings. The molecule has 0 amide bonds. The second kappa shape index (κ2) is 9.31. The molecule has 0 aliphatic carbocycles. The van der Waals surface area contributed by atoms with Crippen molar-refractivity contribution in [3.05, 3.63) is 0 Å². The molecule has 0 radical (unpaired) electrons. The Morgan fingerprint density at radius 2 is 1.00 bits per heavy atom. The fraction of sp³-hybridized carbons (Fsp3) is 1.00. The lowest BCUT2D eigenvalue weighted by molar-refractivity contribution is -0.254. The zero-order valence-corrected chi connectivity index (χ0v) is 19.9. The van der Waals surface area contributed by atoms with Gasteiger partial charge in [-0.1, -0.05) is 6.92 Å². The quantitative estimate of drug-likeness (QED) is 0.484. The lowest BCUT2D eigenvalue weighted by atomic mass is 9.93. The fourth-order valence-corrected chi connectivity index (χ4v) is 4.83. The zero-order valence-electron chi connectivity index (χ0n) is 19.9. The predicted molar refractivity (Wildman–Crippen MR) is 108 cm³/mol. The van der Waals surface area contributed by atoms with E-state index in [2.05, 4.69) is 0 Å². The molecular weight excluding hydrogens is 428 g/mol. The summed E-state index contributed by atoms with van der Waals surface area (Å²) in [6, 6.07) is 0. The topological polar surface area (TPSA) is 135 Å². The van der Waals surface area contributed by atoms with Gasteiger partial charge in [-0.3, -0.25) is 0 Å². The van der Waals surface area contributed by atoms with E-state index in [1.807, 2.05) is 20.8 Å². The van der Waals surface area contributed by atoms with Gasteiger partial charge in [-0.15, -0.1) is 0 Å². The average Bonchev–Trinajstić information content (AvgIpc) is 3.38. The smallest absolute Gasteiger partial charge is 0.190 e. The van der Waals surface area contributed by atoms with Crippen LogP contribution in [-0.4, -0.2) is 109 Å². The number of hydrogen-bond donors (Lipinski definition) is 3. The molecule has 0 aromatic heterocycles. The van der Waals surface area contributed by atoms with Gasteiger partial charge in [-0.05, 0) is 34.1 Å². The Kier molecular flexibility index (Phi) is 7.61. The summed E-state index contributed by atoms with van der Waals surface area (Å²) in [5.74, 6) is -1.38. The van der Waals surface area contributed by atoms with Gasteiger partial charge in [-0.25, -0.2) is 0 Å². The second-order valence-electron chi connectivity index (χ2n) is 9.44. The van der Waals surface area contributed by atoms with Crippen LogP contribution in [0.15, 0.2) is 0 Å². The standard InChI is InChI=1S/C11H20O5.C10H18O6/c1-5-11(6-12)8(13-4)7-9(16-11)15-10(2,3)14-7;1-9(2)14-6-7(13-3)10(4-11,5-12)16-8(6)15-9/h7-9,12H,5-6H2,1-4H3;6-8,11-12H,4-5H2,1-3H3/t7-,8+,9+,11-;6-,7+,8+/m11/s1. The van der Waals surface area contributed by atoms with E-state index < -0.39 is 47.6 Å². The number of fused-ring (bicyclic) bond motifs is 2. The summed E-state index contributed by atoms with van der Waals surface area (Å²) in [5, 5.41) is 28.1. The van der Waals surface area contributed by atoms with Crippen molar-refractivity contribution in [3.8, 4) is 0 Å². The molecule has 0 unspecified atom stereocenters. The summed E-state index contributed by atoms with van der Waals surface area (Å²) in [6.45, 7) is 8.41. The average molecular weight is 467 g/mol. The van der Waals surface area contributed by atoms with Crippen molar-refractivity contribution in [2.75, 3.05) is 34.0 Å². The minimum Gasteiger partial charge on any atom is -0.393 e. The highest BCUT2D eigenvalue weighted by Gasteiger charge is 2.62. The predicted octanol–water partition coefficient (Wildman–Crippen LogP) is -0.117. The van der Waals surface area contributed by atoms with Crippen LogP contribution < -0.4 is 0 Å². The van der Waals surface area contributed by atoms with Crippen molar-refractivity contribution in [1.82, 2.24) is 0 Å². The Labute approximate surface area is 188 Å². The van der Waals surface area contributed by atoms with Gasteiger partial charge >= 0.3 is 0 Å². The van der Waals surface area contributed by atoms with E-state index >= 15 is 0 Å². The first-order chi connectivity index (χ1) is 15.0. The first-order valence-electron chi connectivity index (χ1n) is 10.9. The molecular formula is C21H38O11. The molecule has 7 atom stereocenters. The summed E-state index contributed by atoms with van der Waals surface area (Å²) in [7, 11) is 3.09. The number of aliphatic hydroxyl groups is 3. The van der Waals surface area contributed by atoms with Gasteiger partial charge in [0, 0.05) is 14.2 Å². The van der Waals surface area contributed by atoms with Crippen LogP contribution in [-0.2, 0) is 37.9 Å². The molecule has 0 saturated carbocycles. The molecule has 0 aromatic carbocycles. The van der Waals surface area contributed by atoms with Gasteiger partial charge in [0.15, 0.2) is 24.2 Å². The van der Waals surface area contributed by atoms with Crippen LogP contribution in [0.4, 0.5) is 0 Å².